The van der Waals surface area contributed by atoms with E-state index in [-0.39, 0.29) is 10.9 Å². The molecule has 6 nitrogen and oxygen atoms in total. The third-order valence-corrected chi connectivity index (χ3v) is 10.7. The lowest BCUT2D eigenvalue weighted by Crippen LogP contribution is -2.30. The monoisotopic (exact) mass is 630 g/mol. The summed E-state index contributed by atoms with van der Waals surface area (Å²) in [6.07, 6.45) is 0. The van der Waals surface area contributed by atoms with E-state index in [9.17, 15) is 13.2 Å². The first-order chi connectivity index (χ1) is 21.6. The van der Waals surface area contributed by atoms with Gasteiger partial charge in [0.05, 0.1) is 35.2 Å². The number of aromatic nitrogens is 1. The van der Waals surface area contributed by atoms with Crippen LogP contribution in [0.15, 0.2) is 113 Å². The quantitative estimate of drug-likeness (QED) is 0.130. The molecule has 0 atom stereocenters. The molecule has 0 aliphatic heterocycles. The highest BCUT2D eigenvalue weighted by molar-refractivity contribution is 7.90. The normalized spacial score (nSPS) is 11.8. The van der Waals surface area contributed by atoms with Crippen LogP contribution in [0.25, 0.3) is 49.3 Å². The van der Waals surface area contributed by atoms with Crippen LogP contribution in [-0.2, 0) is 25.0 Å². The van der Waals surface area contributed by atoms with E-state index in [0.29, 0.717) is 32.9 Å². The number of fused-ring (bicyclic) bond motifs is 1. The van der Waals surface area contributed by atoms with Crippen LogP contribution in [0.2, 0.25) is 0 Å². The number of hydrogen-bond acceptors (Lipinski definition) is 5. The summed E-state index contributed by atoms with van der Waals surface area (Å²) >= 11 is 1.33. The van der Waals surface area contributed by atoms with Crippen LogP contribution in [0, 0.1) is 13.5 Å². The Bertz CT molecular complexity index is 2230. The maximum absolute atomic E-state index is 14.6. The number of thiophene rings is 1. The number of rotatable bonds is 7. The molecule has 8 heteroatoms. The van der Waals surface area contributed by atoms with Gasteiger partial charge in [-0.25, -0.2) is 17.2 Å². The van der Waals surface area contributed by atoms with E-state index in [1.54, 1.807) is 30.3 Å². The number of methoxy groups -OCH3 is 1. The van der Waals surface area contributed by atoms with Gasteiger partial charge in [-0.1, -0.05) is 84.4 Å². The zero-order valence-electron chi connectivity index (χ0n) is 25.2. The average Bonchev–Trinajstić information content (AvgIpc) is 3.67. The van der Waals surface area contributed by atoms with E-state index in [0.717, 1.165) is 27.6 Å². The average molecular weight is 631 g/mol. The van der Waals surface area contributed by atoms with E-state index in [1.165, 1.54) is 22.4 Å². The van der Waals surface area contributed by atoms with E-state index in [4.69, 9.17) is 11.3 Å². The molecule has 0 bridgehead atoms. The van der Waals surface area contributed by atoms with Crippen molar-refractivity contribution in [3.8, 4) is 33.5 Å². The van der Waals surface area contributed by atoms with Crippen molar-refractivity contribution in [3.05, 3.63) is 131 Å². The lowest BCUT2D eigenvalue weighted by atomic mass is 9.83. The predicted molar refractivity (Wildman–Crippen MR) is 181 cm³/mol. The number of carbonyl (C=O) groups is 1. The minimum Gasteiger partial charge on any atom is -0.468 e. The molecule has 4 aromatic carbocycles. The molecule has 2 heterocycles. The third kappa shape index (κ3) is 5.14. The van der Waals surface area contributed by atoms with Gasteiger partial charge < -0.3 is 4.74 Å². The maximum atomic E-state index is 14.6. The highest BCUT2D eigenvalue weighted by Crippen LogP contribution is 2.48. The Morgan fingerprint density at radius 3 is 2.24 bits per heavy atom. The molecule has 0 amide bonds. The molecule has 0 aliphatic carbocycles. The minimum absolute atomic E-state index is 0.172. The smallest absolute Gasteiger partial charge is 0.315 e. The molecule has 0 saturated carbocycles. The molecule has 0 unspecified atom stereocenters. The van der Waals surface area contributed by atoms with Crippen LogP contribution in [0.1, 0.15) is 25.0 Å². The van der Waals surface area contributed by atoms with Crippen molar-refractivity contribution in [3.63, 3.8) is 0 Å². The summed E-state index contributed by atoms with van der Waals surface area (Å²) in [5.74, 6) is -0.338. The molecule has 6 rings (SSSR count). The molecule has 0 fully saturated rings. The zero-order valence-corrected chi connectivity index (χ0v) is 26.9. The van der Waals surface area contributed by atoms with Crippen LogP contribution in [-0.4, -0.2) is 25.5 Å². The van der Waals surface area contributed by atoms with Gasteiger partial charge in [-0.2, -0.15) is 11.3 Å². The van der Waals surface area contributed by atoms with Crippen molar-refractivity contribution in [1.29, 1.82) is 0 Å². The predicted octanol–water partition coefficient (Wildman–Crippen LogP) is 9.25. The van der Waals surface area contributed by atoms with Gasteiger partial charge >= 0.3 is 5.97 Å². The molecule has 0 spiro atoms. The summed E-state index contributed by atoms with van der Waals surface area (Å²) in [6, 6.07) is 31.6. The number of aryl methyl sites for hydroxylation is 1. The van der Waals surface area contributed by atoms with Gasteiger partial charge in [0.15, 0.2) is 0 Å². The number of carbonyl (C=O) groups excluding carboxylic acids is 1. The molecular formula is C37H30N2O4S2. The maximum Gasteiger partial charge on any atom is 0.315 e. The number of benzene rings is 4. The van der Waals surface area contributed by atoms with E-state index in [2.05, 4.69) is 4.85 Å². The summed E-state index contributed by atoms with van der Waals surface area (Å²) in [7, 11) is -2.70. The molecule has 224 valence electrons. The molecular weight excluding hydrogens is 601 g/mol. The molecule has 0 aliphatic rings. The number of hydrogen-bond donors (Lipinski definition) is 0. The Kier molecular flexibility index (Phi) is 7.69. The van der Waals surface area contributed by atoms with Crippen LogP contribution >= 0.6 is 11.3 Å². The first-order valence-electron chi connectivity index (χ1n) is 14.3. The Morgan fingerprint density at radius 1 is 0.867 bits per heavy atom. The van der Waals surface area contributed by atoms with Gasteiger partial charge in [0.1, 0.15) is 0 Å². The molecule has 0 saturated heterocycles. The summed E-state index contributed by atoms with van der Waals surface area (Å²) in [6.45, 7) is 13.4. The van der Waals surface area contributed by atoms with Crippen molar-refractivity contribution in [2.24, 2.45) is 0 Å². The molecule has 0 radical (unpaired) electrons. The minimum atomic E-state index is -4.08. The summed E-state index contributed by atoms with van der Waals surface area (Å²) < 4.78 is 35.6. The largest absolute Gasteiger partial charge is 0.468 e. The van der Waals surface area contributed by atoms with Crippen LogP contribution in [0.3, 0.4) is 0 Å². The van der Waals surface area contributed by atoms with Crippen LogP contribution in [0.5, 0.6) is 0 Å². The van der Waals surface area contributed by atoms with E-state index in [1.807, 2.05) is 98.9 Å². The standard InChI is InChI=1S/C37H30N2O4S2/c1-24-16-18-29(19-17-24)45(41,42)39-32-15-7-6-14-30(32)33(31-20-21-44-35(31)38-4)34(39)27-12-8-10-25(22-27)26-11-9-13-28(23-26)37(2,3)36(40)43-5/h6-23H,1-3,5H3. The van der Waals surface area contributed by atoms with Gasteiger partial charge in [-0.3, -0.25) is 4.79 Å². The highest BCUT2D eigenvalue weighted by atomic mass is 32.2. The Balaban J connectivity index is 1.66. The number of para-hydroxylation sites is 1. The highest BCUT2D eigenvalue weighted by Gasteiger charge is 2.32. The first kappa shape index (κ1) is 30.1. The van der Waals surface area contributed by atoms with Gasteiger partial charge in [-0.05, 0) is 67.1 Å². The van der Waals surface area contributed by atoms with Crippen molar-refractivity contribution < 1.29 is 17.9 Å². The van der Waals surface area contributed by atoms with Gasteiger partial charge in [0.2, 0.25) is 5.00 Å². The number of esters is 1. The third-order valence-electron chi connectivity index (χ3n) is 8.16. The Labute approximate surface area is 267 Å². The van der Waals surface area contributed by atoms with Crippen molar-refractivity contribution in [1.82, 2.24) is 3.97 Å². The summed E-state index contributed by atoms with van der Waals surface area (Å²) in [4.78, 5) is 16.5. The van der Waals surface area contributed by atoms with Crippen LogP contribution < -0.4 is 0 Å². The molecule has 6 aromatic rings. The van der Waals surface area contributed by atoms with Crippen molar-refractivity contribution >= 4 is 43.2 Å². The lowest BCUT2D eigenvalue weighted by molar-refractivity contribution is -0.146. The fraction of sp³-hybridized carbons (Fsp3) is 0.135. The van der Waals surface area contributed by atoms with Gasteiger partial charge in [0, 0.05) is 22.1 Å². The lowest BCUT2D eigenvalue weighted by Gasteiger charge is -2.22. The van der Waals surface area contributed by atoms with Gasteiger partial charge in [-0.15, -0.1) is 0 Å². The number of ether oxygens (including phenoxy) is 1. The number of nitrogens with zero attached hydrogens (tertiary/aromatic N) is 2. The van der Waals surface area contributed by atoms with E-state index < -0.39 is 15.4 Å². The van der Waals surface area contributed by atoms with E-state index >= 15 is 0 Å². The second kappa shape index (κ2) is 11.5. The van der Waals surface area contributed by atoms with Crippen molar-refractivity contribution in [2.75, 3.05) is 7.11 Å². The summed E-state index contributed by atoms with van der Waals surface area (Å²) in [5.41, 5.74) is 5.67. The fourth-order valence-electron chi connectivity index (χ4n) is 5.70. The zero-order chi connectivity index (χ0) is 31.9. The van der Waals surface area contributed by atoms with Crippen LogP contribution in [0.4, 0.5) is 5.00 Å². The molecule has 45 heavy (non-hydrogen) atoms. The first-order valence-corrected chi connectivity index (χ1v) is 16.6. The fourth-order valence-corrected chi connectivity index (χ4v) is 7.92. The Hall–Kier alpha value is -4.97. The SMILES string of the molecule is [C-]#[N+]c1sccc1-c1c(-c2cccc(-c3cccc(C(C)(C)C(=O)OC)c3)c2)n(S(=O)(=O)c2ccc(C)cc2)c2ccccc12. The van der Waals surface area contributed by atoms with Crippen molar-refractivity contribution in [2.45, 2.75) is 31.1 Å². The second-order valence-electron chi connectivity index (χ2n) is 11.4. The topological polar surface area (TPSA) is 69.7 Å². The molecule has 0 N–H and O–H groups in total. The molecule has 2 aromatic heterocycles. The summed E-state index contributed by atoms with van der Waals surface area (Å²) in [5, 5.41) is 3.08. The second-order valence-corrected chi connectivity index (χ2v) is 14.0. The van der Waals surface area contributed by atoms with Gasteiger partial charge in [0.25, 0.3) is 10.0 Å². The Morgan fingerprint density at radius 2 is 1.53 bits per heavy atom.